The highest BCUT2D eigenvalue weighted by Gasteiger charge is 2.26. The van der Waals surface area contributed by atoms with E-state index in [2.05, 4.69) is 16.5 Å². The van der Waals surface area contributed by atoms with Gasteiger partial charge in [0.1, 0.15) is 18.2 Å². The summed E-state index contributed by atoms with van der Waals surface area (Å²) < 4.78 is 7.05. The largest absolute Gasteiger partial charge is 0.459 e. The number of rotatable bonds is 4. The van der Waals surface area contributed by atoms with Crippen molar-refractivity contribution in [1.82, 2.24) is 15.1 Å². The molecule has 1 saturated heterocycles. The second kappa shape index (κ2) is 7.18. The van der Waals surface area contributed by atoms with Crippen LogP contribution >= 0.6 is 0 Å². The fraction of sp³-hybridized carbons (Fsp3) is 0.333. The van der Waals surface area contributed by atoms with E-state index >= 15 is 0 Å². The van der Waals surface area contributed by atoms with Crippen molar-refractivity contribution < 1.29 is 14.3 Å². The molecule has 25 heavy (non-hydrogen) atoms. The molecule has 2 heterocycles. The Morgan fingerprint density at radius 3 is 2.84 bits per heavy atom. The first-order chi connectivity index (χ1) is 12.1. The molecular formula is C18H18N4O3. The molecular weight excluding hydrogens is 320 g/mol. The van der Waals surface area contributed by atoms with Gasteiger partial charge in [0.05, 0.1) is 23.0 Å². The van der Waals surface area contributed by atoms with Gasteiger partial charge in [-0.1, -0.05) is 18.2 Å². The van der Waals surface area contributed by atoms with Crippen molar-refractivity contribution in [3.63, 3.8) is 0 Å². The lowest BCUT2D eigenvalue weighted by molar-refractivity contribution is -0.151. The molecule has 0 saturated carbocycles. The van der Waals surface area contributed by atoms with E-state index in [-0.39, 0.29) is 24.4 Å². The molecule has 0 radical (unpaired) electrons. The van der Waals surface area contributed by atoms with Crippen molar-refractivity contribution >= 4 is 11.9 Å². The molecule has 7 heteroatoms. The number of carbonyl (C=O) groups excluding carboxylic acids is 2. The van der Waals surface area contributed by atoms with Crippen LogP contribution in [0.1, 0.15) is 29.8 Å². The molecule has 1 aromatic heterocycles. The molecule has 1 atom stereocenters. The van der Waals surface area contributed by atoms with Gasteiger partial charge in [-0.15, -0.1) is 0 Å². The second-order valence-electron chi connectivity index (χ2n) is 5.91. The van der Waals surface area contributed by atoms with E-state index in [4.69, 9.17) is 4.74 Å². The number of piperidine rings is 1. The number of aromatic nitrogens is 2. The third-order valence-corrected chi connectivity index (χ3v) is 4.22. The minimum atomic E-state index is -0.373. The molecule has 0 aliphatic carbocycles. The minimum Gasteiger partial charge on any atom is -0.459 e. The molecule has 1 N–H and O–H groups in total. The highest BCUT2D eigenvalue weighted by molar-refractivity contribution is 5.81. The van der Waals surface area contributed by atoms with E-state index in [0.29, 0.717) is 36.3 Å². The van der Waals surface area contributed by atoms with E-state index in [0.717, 1.165) is 5.69 Å². The van der Waals surface area contributed by atoms with Crippen LogP contribution in [0.3, 0.4) is 0 Å². The number of carbonyl (C=O) groups is 2. The van der Waals surface area contributed by atoms with E-state index < -0.39 is 0 Å². The summed E-state index contributed by atoms with van der Waals surface area (Å²) in [5.74, 6) is -0.770. The maximum Gasteiger partial charge on any atom is 0.311 e. The van der Waals surface area contributed by atoms with Gasteiger partial charge in [-0.05, 0) is 25.5 Å². The molecule has 1 aliphatic heterocycles. The van der Waals surface area contributed by atoms with Gasteiger partial charge >= 0.3 is 5.97 Å². The van der Waals surface area contributed by atoms with Gasteiger partial charge in [0, 0.05) is 13.0 Å². The Hall–Kier alpha value is -3.14. The lowest BCUT2D eigenvalue weighted by Crippen LogP contribution is -2.39. The number of nitrogens with one attached hydrogen (secondary N) is 1. The number of nitriles is 1. The smallest absolute Gasteiger partial charge is 0.311 e. The van der Waals surface area contributed by atoms with Crippen LogP contribution in [-0.4, -0.2) is 28.2 Å². The Bertz CT molecular complexity index is 826. The topological polar surface area (TPSA) is 97.0 Å². The molecule has 128 valence electrons. The van der Waals surface area contributed by atoms with E-state index in [1.807, 2.05) is 30.3 Å². The maximum atomic E-state index is 12.2. The zero-order valence-corrected chi connectivity index (χ0v) is 13.9. The summed E-state index contributed by atoms with van der Waals surface area (Å²) in [6, 6.07) is 11.5. The number of hydrogen-bond acceptors (Lipinski definition) is 5. The summed E-state index contributed by atoms with van der Waals surface area (Å²) in [5, 5.41) is 16.5. The van der Waals surface area contributed by atoms with E-state index in [1.165, 1.54) is 0 Å². The summed E-state index contributed by atoms with van der Waals surface area (Å²) in [4.78, 5) is 23.4. The standard InChI is InChI=1S/C18H18N4O3/c1-12-15(9-19)16(22(21-12)14-5-3-2-4-6-14)11-25-18(24)13-7-8-17(23)20-10-13/h2-6,13H,7-8,10-11H2,1H3,(H,20,23). The molecule has 1 aromatic carbocycles. The average molecular weight is 338 g/mol. The highest BCUT2D eigenvalue weighted by atomic mass is 16.5. The number of para-hydroxylation sites is 1. The van der Waals surface area contributed by atoms with Gasteiger partial charge in [-0.25, -0.2) is 4.68 Å². The van der Waals surface area contributed by atoms with Gasteiger partial charge in [-0.3, -0.25) is 9.59 Å². The Morgan fingerprint density at radius 1 is 1.44 bits per heavy atom. The molecule has 7 nitrogen and oxygen atoms in total. The first-order valence-corrected chi connectivity index (χ1v) is 8.07. The molecule has 0 spiro atoms. The van der Waals surface area contributed by atoms with E-state index in [1.54, 1.807) is 11.6 Å². The molecule has 2 aromatic rings. The van der Waals surface area contributed by atoms with Crippen LogP contribution in [0.5, 0.6) is 0 Å². The molecule has 1 aliphatic rings. The van der Waals surface area contributed by atoms with Crippen LogP contribution in [0.2, 0.25) is 0 Å². The zero-order valence-electron chi connectivity index (χ0n) is 13.9. The quantitative estimate of drug-likeness (QED) is 0.855. The van der Waals surface area contributed by atoms with Crippen molar-refractivity contribution in [3.8, 4) is 11.8 Å². The lowest BCUT2D eigenvalue weighted by Gasteiger charge is -2.21. The predicted molar refractivity (Wildman–Crippen MR) is 88.5 cm³/mol. The summed E-state index contributed by atoms with van der Waals surface area (Å²) >= 11 is 0. The van der Waals surface area contributed by atoms with Crippen molar-refractivity contribution in [1.29, 1.82) is 5.26 Å². The van der Waals surface area contributed by atoms with Crippen molar-refractivity contribution in [3.05, 3.63) is 47.3 Å². The van der Waals surface area contributed by atoms with Gasteiger partial charge in [0.15, 0.2) is 0 Å². The normalized spacial score (nSPS) is 16.8. The van der Waals surface area contributed by atoms with Crippen LogP contribution in [0.15, 0.2) is 30.3 Å². The number of benzene rings is 1. The molecule has 1 unspecified atom stereocenters. The molecule has 1 amide bonds. The third kappa shape index (κ3) is 3.53. The van der Waals surface area contributed by atoms with E-state index in [9.17, 15) is 14.9 Å². The summed E-state index contributed by atoms with van der Waals surface area (Å²) in [6.45, 7) is 2.00. The number of nitrogens with zero attached hydrogens (tertiary/aromatic N) is 3. The first-order valence-electron chi connectivity index (χ1n) is 8.07. The summed E-state index contributed by atoms with van der Waals surface area (Å²) in [6.07, 6.45) is 0.803. The second-order valence-corrected chi connectivity index (χ2v) is 5.91. The van der Waals surface area contributed by atoms with Crippen LogP contribution in [0, 0.1) is 24.2 Å². The monoisotopic (exact) mass is 338 g/mol. The molecule has 0 bridgehead atoms. The molecule has 1 fully saturated rings. The fourth-order valence-corrected chi connectivity index (χ4v) is 2.83. The Morgan fingerprint density at radius 2 is 2.20 bits per heavy atom. The SMILES string of the molecule is Cc1nn(-c2ccccc2)c(COC(=O)C2CCC(=O)NC2)c1C#N. The molecule has 3 rings (SSSR count). The van der Waals surface area contributed by atoms with Gasteiger partial charge in [0.2, 0.25) is 5.91 Å². The Balaban J connectivity index is 1.79. The lowest BCUT2D eigenvalue weighted by atomic mass is 9.99. The van der Waals surface area contributed by atoms with Gasteiger partial charge < -0.3 is 10.1 Å². The number of amides is 1. The number of hydrogen-bond donors (Lipinski definition) is 1. The van der Waals surface area contributed by atoms with Crippen molar-refractivity contribution in [2.45, 2.75) is 26.4 Å². The maximum absolute atomic E-state index is 12.2. The zero-order chi connectivity index (χ0) is 17.8. The number of ether oxygens (including phenoxy) is 1. The Kier molecular flexibility index (Phi) is 4.80. The fourth-order valence-electron chi connectivity index (χ4n) is 2.83. The average Bonchev–Trinajstić information content (AvgIpc) is 2.96. The minimum absolute atomic E-state index is 0.0398. The third-order valence-electron chi connectivity index (χ3n) is 4.22. The van der Waals surface area contributed by atoms with Crippen LogP contribution in [-0.2, 0) is 20.9 Å². The first kappa shape index (κ1) is 16.7. The van der Waals surface area contributed by atoms with Crippen molar-refractivity contribution in [2.24, 2.45) is 5.92 Å². The van der Waals surface area contributed by atoms with Gasteiger partial charge in [0.25, 0.3) is 0 Å². The van der Waals surface area contributed by atoms with Crippen molar-refractivity contribution in [2.75, 3.05) is 6.54 Å². The number of esters is 1. The van der Waals surface area contributed by atoms with Gasteiger partial charge in [-0.2, -0.15) is 10.4 Å². The Labute approximate surface area is 145 Å². The highest BCUT2D eigenvalue weighted by Crippen LogP contribution is 2.20. The summed E-state index contributed by atoms with van der Waals surface area (Å²) in [5.41, 5.74) is 2.33. The predicted octanol–water partition coefficient (Wildman–Crippen LogP) is 1.62. The van der Waals surface area contributed by atoms with Crippen LogP contribution < -0.4 is 5.32 Å². The summed E-state index contributed by atoms with van der Waals surface area (Å²) in [7, 11) is 0. The van der Waals surface area contributed by atoms with Crippen LogP contribution in [0.4, 0.5) is 0 Å². The van der Waals surface area contributed by atoms with Crippen LogP contribution in [0.25, 0.3) is 5.69 Å². The number of aryl methyl sites for hydroxylation is 1.